The largest absolute Gasteiger partial charge is 0.618 e. The van der Waals surface area contributed by atoms with E-state index in [-0.39, 0.29) is 0 Å². The highest BCUT2D eigenvalue weighted by molar-refractivity contribution is 5.60. The minimum absolute atomic E-state index is 0.760. The van der Waals surface area contributed by atoms with E-state index < -0.39 is 0 Å². The first-order valence-electron chi connectivity index (χ1n) is 6.09. The van der Waals surface area contributed by atoms with Crippen LogP contribution in [0.4, 0.5) is 0 Å². The third-order valence-electron chi connectivity index (χ3n) is 2.66. The van der Waals surface area contributed by atoms with Crippen molar-refractivity contribution in [3.8, 4) is 0 Å². The van der Waals surface area contributed by atoms with Crippen LogP contribution in [0.2, 0.25) is 0 Å². The molecule has 1 aromatic rings. The molecule has 1 aromatic heterocycles. The van der Waals surface area contributed by atoms with Gasteiger partial charge in [0, 0.05) is 24.6 Å². The molecule has 2 nitrogen and oxygen atoms in total. The van der Waals surface area contributed by atoms with Crippen molar-refractivity contribution in [3.63, 3.8) is 0 Å². The van der Waals surface area contributed by atoms with Crippen molar-refractivity contribution in [2.45, 2.75) is 46.5 Å². The van der Waals surface area contributed by atoms with E-state index in [1.807, 2.05) is 25.1 Å². The van der Waals surface area contributed by atoms with Crippen molar-refractivity contribution in [3.05, 3.63) is 40.9 Å². The van der Waals surface area contributed by atoms with Crippen molar-refractivity contribution in [2.24, 2.45) is 0 Å². The van der Waals surface area contributed by atoms with Crippen LogP contribution in [0.1, 0.15) is 50.9 Å². The van der Waals surface area contributed by atoms with E-state index >= 15 is 0 Å². The van der Waals surface area contributed by atoms with Gasteiger partial charge in [0.2, 0.25) is 5.69 Å². The monoisotopic (exact) mass is 219 g/mol. The number of unbranched alkanes of at least 4 members (excludes halogenated alkanes) is 1. The van der Waals surface area contributed by atoms with E-state index in [4.69, 9.17) is 0 Å². The molecule has 0 saturated carbocycles. The minimum Gasteiger partial charge on any atom is -0.618 e. The first kappa shape index (κ1) is 12.8. The number of allylic oxidation sites excluding steroid dienone is 2. The van der Waals surface area contributed by atoms with Gasteiger partial charge in [-0.15, -0.1) is 0 Å². The lowest BCUT2D eigenvalue weighted by Crippen LogP contribution is -2.34. The number of aryl methyl sites for hydroxylation is 1. The van der Waals surface area contributed by atoms with Gasteiger partial charge < -0.3 is 5.21 Å². The second kappa shape index (κ2) is 6.31. The van der Waals surface area contributed by atoms with Crippen LogP contribution in [-0.2, 0) is 0 Å². The van der Waals surface area contributed by atoms with Crippen LogP contribution in [-0.4, -0.2) is 0 Å². The Morgan fingerprint density at radius 1 is 1.31 bits per heavy atom. The highest BCUT2D eigenvalue weighted by atomic mass is 16.5. The zero-order valence-electron chi connectivity index (χ0n) is 10.5. The normalized spacial score (nSPS) is 11.8. The SMILES string of the molecule is CCC/C=C(\CCC)c1cccc(C)[n+]1[O-]. The van der Waals surface area contributed by atoms with Crippen LogP contribution in [0, 0.1) is 12.1 Å². The van der Waals surface area contributed by atoms with Gasteiger partial charge in [-0.25, -0.2) is 0 Å². The van der Waals surface area contributed by atoms with Crippen molar-refractivity contribution < 1.29 is 4.73 Å². The van der Waals surface area contributed by atoms with E-state index in [2.05, 4.69) is 19.9 Å². The molecule has 0 atom stereocenters. The first-order chi connectivity index (χ1) is 7.70. The number of nitrogens with zero attached hydrogens (tertiary/aromatic N) is 1. The molecular weight excluding hydrogens is 198 g/mol. The Morgan fingerprint density at radius 2 is 2.06 bits per heavy atom. The molecule has 0 aromatic carbocycles. The second-order valence-electron chi connectivity index (χ2n) is 4.11. The lowest BCUT2D eigenvalue weighted by molar-refractivity contribution is -0.615. The molecule has 1 rings (SSSR count). The van der Waals surface area contributed by atoms with Crippen LogP contribution in [0.5, 0.6) is 0 Å². The highest BCUT2D eigenvalue weighted by Crippen LogP contribution is 2.18. The van der Waals surface area contributed by atoms with Gasteiger partial charge in [0.05, 0.1) is 0 Å². The Morgan fingerprint density at radius 3 is 2.69 bits per heavy atom. The molecular formula is C14H21NO. The van der Waals surface area contributed by atoms with E-state index in [1.54, 1.807) is 0 Å². The summed E-state index contributed by atoms with van der Waals surface area (Å²) in [6.45, 7) is 6.15. The maximum Gasteiger partial charge on any atom is 0.219 e. The van der Waals surface area contributed by atoms with E-state index in [9.17, 15) is 5.21 Å². The quantitative estimate of drug-likeness (QED) is 0.549. The van der Waals surface area contributed by atoms with E-state index in [1.165, 1.54) is 5.57 Å². The Hall–Kier alpha value is -1.31. The van der Waals surface area contributed by atoms with Gasteiger partial charge in [-0.2, -0.15) is 4.73 Å². The fourth-order valence-corrected chi connectivity index (χ4v) is 1.76. The summed E-state index contributed by atoms with van der Waals surface area (Å²) in [6.07, 6.45) is 6.42. The van der Waals surface area contributed by atoms with Gasteiger partial charge in [-0.05, 0) is 18.9 Å². The van der Waals surface area contributed by atoms with Crippen LogP contribution < -0.4 is 4.73 Å². The summed E-state index contributed by atoms with van der Waals surface area (Å²) in [5, 5.41) is 11.9. The lowest BCUT2D eigenvalue weighted by atomic mass is 10.0. The summed E-state index contributed by atoms with van der Waals surface area (Å²) in [5.74, 6) is 0. The van der Waals surface area contributed by atoms with Crippen LogP contribution in [0.25, 0.3) is 5.57 Å². The zero-order chi connectivity index (χ0) is 12.0. The molecule has 0 aliphatic rings. The van der Waals surface area contributed by atoms with E-state index in [0.717, 1.165) is 41.8 Å². The number of pyridine rings is 1. The molecule has 0 radical (unpaired) electrons. The maximum atomic E-state index is 11.9. The Kier molecular flexibility index (Phi) is 5.03. The molecule has 0 aliphatic carbocycles. The summed E-state index contributed by atoms with van der Waals surface area (Å²) in [7, 11) is 0. The first-order valence-corrected chi connectivity index (χ1v) is 6.09. The zero-order valence-corrected chi connectivity index (χ0v) is 10.5. The number of hydrogen-bond donors (Lipinski definition) is 0. The van der Waals surface area contributed by atoms with Gasteiger partial charge in [-0.3, -0.25) is 0 Å². The van der Waals surface area contributed by atoms with Crippen LogP contribution in [0.15, 0.2) is 24.3 Å². The number of hydrogen-bond acceptors (Lipinski definition) is 1. The Bertz CT molecular complexity index is 369. The molecule has 0 bridgehead atoms. The molecule has 16 heavy (non-hydrogen) atoms. The summed E-state index contributed by atoms with van der Waals surface area (Å²) in [5.41, 5.74) is 2.76. The predicted molar refractivity (Wildman–Crippen MR) is 67.9 cm³/mol. The van der Waals surface area contributed by atoms with Crippen molar-refractivity contribution in [1.82, 2.24) is 0 Å². The molecule has 88 valence electrons. The van der Waals surface area contributed by atoms with Crippen LogP contribution in [0.3, 0.4) is 0 Å². The third-order valence-corrected chi connectivity index (χ3v) is 2.66. The van der Waals surface area contributed by atoms with Gasteiger partial charge >= 0.3 is 0 Å². The summed E-state index contributed by atoms with van der Waals surface area (Å²) >= 11 is 0. The van der Waals surface area contributed by atoms with Crippen molar-refractivity contribution in [1.29, 1.82) is 0 Å². The van der Waals surface area contributed by atoms with E-state index in [0.29, 0.717) is 0 Å². The average molecular weight is 219 g/mol. The summed E-state index contributed by atoms with van der Waals surface area (Å²) in [4.78, 5) is 0. The molecule has 0 spiro atoms. The average Bonchev–Trinajstić information content (AvgIpc) is 2.28. The van der Waals surface area contributed by atoms with Crippen LogP contribution >= 0.6 is 0 Å². The van der Waals surface area contributed by atoms with Gasteiger partial charge in [0.1, 0.15) is 0 Å². The molecule has 0 aliphatic heterocycles. The summed E-state index contributed by atoms with van der Waals surface area (Å²) in [6, 6.07) is 5.71. The Labute approximate surface area is 98.2 Å². The number of rotatable bonds is 5. The standard InChI is InChI=1S/C14H21NO/c1-4-6-10-13(8-5-2)14-11-7-9-12(3)15(14)16/h7,9-11H,4-6,8H2,1-3H3/b13-10+. The maximum absolute atomic E-state index is 11.9. The second-order valence-corrected chi connectivity index (χ2v) is 4.11. The molecule has 0 amide bonds. The number of aromatic nitrogens is 1. The minimum atomic E-state index is 0.760. The molecule has 1 heterocycles. The fraction of sp³-hybridized carbons (Fsp3) is 0.500. The fourth-order valence-electron chi connectivity index (χ4n) is 1.76. The topological polar surface area (TPSA) is 26.9 Å². The summed E-state index contributed by atoms with van der Waals surface area (Å²) < 4.78 is 1.04. The van der Waals surface area contributed by atoms with Gasteiger partial charge in [-0.1, -0.05) is 32.8 Å². The Balaban J connectivity index is 3.05. The molecule has 0 N–H and O–H groups in total. The predicted octanol–water partition coefficient (Wildman–Crippen LogP) is 3.61. The highest BCUT2D eigenvalue weighted by Gasteiger charge is 2.11. The van der Waals surface area contributed by atoms with Gasteiger partial charge in [0.25, 0.3) is 0 Å². The lowest BCUT2D eigenvalue weighted by Gasteiger charge is -2.09. The third kappa shape index (κ3) is 3.09. The molecule has 2 heteroatoms. The molecule has 0 fully saturated rings. The van der Waals surface area contributed by atoms with Crippen molar-refractivity contribution >= 4 is 5.57 Å². The van der Waals surface area contributed by atoms with Crippen molar-refractivity contribution in [2.75, 3.05) is 0 Å². The molecule has 0 saturated heterocycles. The smallest absolute Gasteiger partial charge is 0.219 e. The molecule has 0 unspecified atom stereocenters. The van der Waals surface area contributed by atoms with Gasteiger partial charge in [0.15, 0.2) is 5.69 Å².